The molecule has 1 unspecified atom stereocenters. The number of carbonyl (C=O) groups excluding carboxylic acids is 2. The quantitative estimate of drug-likeness (QED) is 0.615. The Labute approximate surface area is 119 Å². The number of rotatable bonds is 5. The molecule has 5 heteroatoms. The van der Waals surface area contributed by atoms with Crippen LogP contribution in [0.25, 0.3) is 0 Å². The Morgan fingerprint density at radius 3 is 2.74 bits per heavy atom. The van der Waals surface area contributed by atoms with Crippen molar-refractivity contribution in [3.63, 3.8) is 0 Å². The monoisotopic (exact) mass is 327 g/mol. The first-order chi connectivity index (χ1) is 9.06. The Morgan fingerprint density at radius 2 is 2.05 bits per heavy atom. The van der Waals surface area contributed by atoms with E-state index in [2.05, 4.69) is 22.9 Å². The summed E-state index contributed by atoms with van der Waals surface area (Å²) in [6.45, 7) is 2.46. The van der Waals surface area contributed by atoms with Gasteiger partial charge in [0.15, 0.2) is 0 Å². The molecule has 0 aromatic heterocycles. The number of para-hydroxylation sites is 1. The molecule has 1 atom stereocenters. The molecule has 102 valence electrons. The maximum absolute atomic E-state index is 13.8. The number of carbonyl (C=O) groups is 2. The van der Waals surface area contributed by atoms with Crippen LogP contribution in [0.5, 0.6) is 0 Å². The minimum absolute atomic E-state index is 0.142. The summed E-state index contributed by atoms with van der Waals surface area (Å²) < 4.78 is 13.8. The number of ketones is 1. The molecule has 1 aliphatic rings. The molecule has 2 rings (SSSR count). The lowest BCUT2D eigenvalue weighted by molar-refractivity contribution is -0.114. The summed E-state index contributed by atoms with van der Waals surface area (Å²) in [5.41, 5.74) is 0.321. The number of anilines is 1. The van der Waals surface area contributed by atoms with Gasteiger partial charge in [0.1, 0.15) is 5.82 Å². The molecule has 3 nitrogen and oxygen atoms in total. The van der Waals surface area contributed by atoms with Crippen molar-refractivity contribution in [1.29, 1.82) is 0 Å². The topological polar surface area (TPSA) is 37.4 Å². The first-order valence-electron chi connectivity index (χ1n) is 6.27. The van der Waals surface area contributed by atoms with Crippen LogP contribution in [0.15, 0.2) is 18.2 Å². The van der Waals surface area contributed by atoms with Crippen LogP contribution in [0, 0.1) is 11.7 Å². The fourth-order valence-electron chi connectivity index (χ4n) is 2.21. The van der Waals surface area contributed by atoms with E-state index in [1.807, 2.05) is 0 Å². The number of fused-ring (bicyclic) bond motifs is 1. The fraction of sp³-hybridized carbons (Fsp3) is 0.429. The van der Waals surface area contributed by atoms with Crippen molar-refractivity contribution in [2.24, 2.45) is 5.92 Å². The highest BCUT2D eigenvalue weighted by atomic mass is 79.9. The molecule has 0 bridgehead atoms. The molecule has 0 aliphatic carbocycles. The van der Waals surface area contributed by atoms with Gasteiger partial charge in [-0.3, -0.25) is 9.59 Å². The van der Waals surface area contributed by atoms with Crippen LogP contribution in [0.4, 0.5) is 10.1 Å². The van der Waals surface area contributed by atoms with Crippen molar-refractivity contribution >= 4 is 33.3 Å². The Hall–Kier alpha value is -1.23. The van der Waals surface area contributed by atoms with Gasteiger partial charge in [0.05, 0.1) is 11.3 Å². The molecule has 1 aromatic rings. The van der Waals surface area contributed by atoms with E-state index in [0.29, 0.717) is 12.5 Å². The summed E-state index contributed by atoms with van der Waals surface area (Å²) in [6, 6.07) is 4.23. The van der Waals surface area contributed by atoms with Crippen LogP contribution in [0.1, 0.15) is 30.1 Å². The largest absolute Gasteiger partial charge is 0.302 e. The Morgan fingerprint density at radius 1 is 1.32 bits per heavy atom. The number of halogens is 2. The van der Waals surface area contributed by atoms with Crippen molar-refractivity contribution in [1.82, 2.24) is 0 Å². The Bertz CT molecular complexity index is 518. The van der Waals surface area contributed by atoms with E-state index in [1.165, 1.54) is 23.1 Å². The third-order valence-electron chi connectivity index (χ3n) is 3.39. The van der Waals surface area contributed by atoms with Gasteiger partial charge in [-0.15, -0.1) is 0 Å². The average Bonchev–Trinajstić information content (AvgIpc) is 2.62. The molecule has 1 aromatic carbocycles. The molecular weight excluding hydrogens is 313 g/mol. The minimum Gasteiger partial charge on any atom is -0.302 e. The van der Waals surface area contributed by atoms with E-state index in [1.54, 1.807) is 0 Å². The smallest absolute Gasteiger partial charge is 0.299 e. The Kier molecular flexibility index (Phi) is 4.34. The van der Waals surface area contributed by atoms with Crippen molar-refractivity contribution in [3.8, 4) is 0 Å². The van der Waals surface area contributed by atoms with Gasteiger partial charge in [-0.1, -0.05) is 28.9 Å². The molecule has 1 heterocycles. The molecular formula is C14H15BrFNO2. The van der Waals surface area contributed by atoms with E-state index >= 15 is 0 Å². The summed E-state index contributed by atoms with van der Waals surface area (Å²) in [5.74, 6) is -1.32. The van der Waals surface area contributed by atoms with Crippen LogP contribution < -0.4 is 4.90 Å². The predicted octanol–water partition coefficient (Wildman–Crippen LogP) is 3.17. The van der Waals surface area contributed by atoms with Gasteiger partial charge >= 0.3 is 0 Å². The van der Waals surface area contributed by atoms with Crippen LogP contribution in [0.2, 0.25) is 0 Å². The number of benzene rings is 1. The molecule has 0 spiro atoms. The highest BCUT2D eigenvalue weighted by molar-refractivity contribution is 9.09. The minimum atomic E-state index is -0.619. The van der Waals surface area contributed by atoms with Crippen LogP contribution in [-0.2, 0) is 4.79 Å². The second-order valence-electron chi connectivity index (χ2n) is 4.79. The Balaban J connectivity index is 2.19. The van der Waals surface area contributed by atoms with E-state index in [4.69, 9.17) is 0 Å². The lowest BCUT2D eigenvalue weighted by Crippen LogP contribution is -2.32. The van der Waals surface area contributed by atoms with Crippen LogP contribution in [-0.4, -0.2) is 23.6 Å². The van der Waals surface area contributed by atoms with Crippen LogP contribution >= 0.6 is 15.9 Å². The molecule has 0 N–H and O–H groups in total. The number of nitrogens with zero attached hydrogens (tertiary/aromatic N) is 1. The molecule has 1 aliphatic heterocycles. The predicted molar refractivity (Wildman–Crippen MR) is 75.3 cm³/mol. The van der Waals surface area contributed by atoms with E-state index in [0.717, 1.165) is 18.2 Å². The highest BCUT2D eigenvalue weighted by Gasteiger charge is 2.37. The van der Waals surface area contributed by atoms with E-state index < -0.39 is 17.5 Å². The van der Waals surface area contributed by atoms with E-state index in [9.17, 15) is 14.0 Å². The molecule has 0 saturated heterocycles. The number of alkyl halides is 1. The second-order valence-corrected chi connectivity index (χ2v) is 5.59. The second kappa shape index (κ2) is 5.82. The van der Waals surface area contributed by atoms with Crippen molar-refractivity contribution in [2.45, 2.75) is 19.8 Å². The van der Waals surface area contributed by atoms with Gasteiger partial charge in [-0.2, -0.15) is 0 Å². The van der Waals surface area contributed by atoms with Gasteiger partial charge in [-0.05, 0) is 30.9 Å². The fourth-order valence-corrected chi connectivity index (χ4v) is 2.99. The summed E-state index contributed by atoms with van der Waals surface area (Å²) in [7, 11) is 0. The zero-order valence-corrected chi connectivity index (χ0v) is 12.2. The average molecular weight is 328 g/mol. The van der Waals surface area contributed by atoms with Gasteiger partial charge in [0.25, 0.3) is 11.7 Å². The maximum Gasteiger partial charge on any atom is 0.299 e. The van der Waals surface area contributed by atoms with Crippen LogP contribution in [0.3, 0.4) is 0 Å². The number of hydrogen-bond acceptors (Lipinski definition) is 2. The zero-order chi connectivity index (χ0) is 14.0. The normalized spacial score (nSPS) is 15.8. The summed E-state index contributed by atoms with van der Waals surface area (Å²) in [5, 5.41) is 0.895. The first kappa shape index (κ1) is 14.2. The highest BCUT2D eigenvalue weighted by Crippen LogP contribution is 2.32. The summed E-state index contributed by atoms with van der Waals surface area (Å²) in [6.07, 6.45) is 1.73. The lowest BCUT2D eigenvalue weighted by atomic mass is 10.1. The SMILES string of the molecule is CC(CCBr)CCN1C(=O)C(=O)c2cccc(F)c21. The maximum atomic E-state index is 13.8. The summed E-state index contributed by atoms with van der Waals surface area (Å²) in [4.78, 5) is 24.9. The number of Topliss-reactive ketones (excluding diaryl/α,β-unsaturated/α-hetero) is 1. The van der Waals surface area contributed by atoms with Gasteiger partial charge in [0, 0.05) is 11.9 Å². The third-order valence-corrected chi connectivity index (χ3v) is 3.85. The van der Waals surface area contributed by atoms with E-state index in [-0.39, 0.29) is 11.3 Å². The first-order valence-corrected chi connectivity index (χ1v) is 7.39. The molecule has 19 heavy (non-hydrogen) atoms. The molecule has 1 amide bonds. The van der Waals surface area contributed by atoms with Crippen molar-refractivity contribution < 1.29 is 14.0 Å². The van der Waals surface area contributed by atoms with Crippen molar-refractivity contribution in [2.75, 3.05) is 16.8 Å². The molecule has 0 fully saturated rings. The standard InChI is InChI=1S/C14H15BrFNO2/c1-9(5-7-15)6-8-17-12-10(13(18)14(17)19)3-2-4-11(12)16/h2-4,9H,5-8H2,1H3. The van der Waals surface area contributed by atoms with Gasteiger partial charge < -0.3 is 4.90 Å². The van der Waals surface area contributed by atoms with Crippen molar-refractivity contribution in [3.05, 3.63) is 29.6 Å². The number of hydrogen-bond donors (Lipinski definition) is 0. The lowest BCUT2D eigenvalue weighted by Gasteiger charge is -2.19. The zero-order valence-electron chi connectivity index (χ0n) is 10.7. The number of amides is 1. The summed E-state index contributed by atoms with van der Waals surface area (Å²) >= 11 is 3.37. The third kappa shape index (κ3) is 2.71. The van der Waals surface area contributed by atoms with Gasteiger partial charge in [-0.25, -0.2) is 4.39 Å². The molecule has 0 radical (unpaired) electrons. The molecule has 0 saturated carbocycles. The van der Waals surface area contributed by atoms with Gasteiger partial charge in [0.2, 0.25) is 0 Å².